The molecule has 0 saturated heterocycles. The van der Waals surface area contributed by atoms with Crippen LogP contribution in [0.5, 0.6) is 0 Å². The number of nitrogens with two attached hydrogens (primary N) is 1. The van der Waals surface area contributed by atoms with Gasteiger partial charge in [0.15, 0.2) is 11.6 Å². The molecule has 1 aromatic heterocycles. The zero-order valence-corrected chi connectivity index (χ0v) is 8.55. The van der Waals surface area contributed by atoms with Gasteiger partial charge in [0.1, 0.15) is 17.3 Å². The lowest BCUT2D eigenvalue weighted by atomic mass is 10.2. The van der Waals surface area contributed by atoms with Gasteiger partial charge in [0.2, 0.25) is 0 Å². The number of halogens is 3. The van der Waals surface area contributed by atoms with Crippen molar-refractivity contribution >= 4 is 17.2 Å². The van der Waals surface area contributed by atoms with Gasteiger partial charge in [-0.05, 0) is 12.1 Å². The number of hydrogen-bond acceptors (Lipinski definition) is 3. The minimum atomic E-state index is -1.04. The number of rotatable bonds is 2. The van der Waals surface area contributed by atoms with Crippen molar-refractivity contribution < 1.29 is 13.2 Å². The standard InChI is InChI=1S/C11H8F3N3/c12-6-4-7(13)10(8(14)5-6)17-9-2-1-3-16-11(9)15/h1-5,17H,(H2,15,16). The Labute approximate surface area is 95.1 Å². The van der Waals surface area contributed by atoms with Gasteiger partial charge >= 0.3 is 0 Å². The second kappa shape index (κ2) is 4.32. The Morgan fingerprint density at radius 2 is 1.76 bits per heavy atom. The van der Waals surface area contributed by atoms with Crippen molar-refractivity contribution in [1.82, 2.24) is 4.98 Å². The van der Waals surface area contributed by atoms with Crippen LogP contribution in [0.4, 0.5) is 30.4 Å². The fraction of sp³-hybridized carbons (Fsp3) is 0. The van der Waals surface area contributed by atoms with Crippen LogP contribution in [0.25, 0.3) is 0 Å². The summed E-state index contributed by atoms with van der Waals surface area (Å²) in [4.78, 5) is 3.75. The average Bonchev–Trinajstić information content (AvgIpc) is 2.25. The molecule has 0 amide bonds. The van der Waals surface area contributed by atoms with Crippen LogP contribution in [-0.2, 0) is 0 Å². The fourth-order valence-electron chi connectivity index (χ4n) is 1.32. The first-order chi connectivity index (χ1) is 8.08. The molecule has 88 valence electrons. The molecule has 0 atom stereocenters. The molecular formula is C11H8F3N3. The molecule has 17 heavy (non-hydrogen) atoms. The third kappa shape index (κ3) is 2.30. The highest BCUT2D eigenvalue weighted by Gasteiger charge is 2.12. The van der Waals surface area contributed by atoms with Gasteiger partial charge in [-0.2, -0.15) is 0 Å². The minimum Gasteiger partial charge on any atom is -0.382 e. The maximum absolute atomic E-state index is 13.3. The van der Waals surface area contributed by atoms with E-state index in [9.17, 15) is 13.2 Å². The number of benzene rings is 1. The van der Waals surface area contributed by atoms with Gasteiger partial charge in [-0.15, -0.1) is 0 Å². The number of hydrogen-bond donors (Lipinski definition) is 2. The molecule has 2 aromatic rings. The normalized spacial score (nSPS) is 10.3. The molecule has 6 heteroatoms. The van der Waals surface area contributed by atoms with Crippen molar-refractivity contribution in [2.45, 2.75) is 0 Å². The Bertz CT molecular complexity index is 534. The van der Waals surface area contributed by atoms with Gasteiger partial charge in [-0.25, -0.2) is 18.2 Å². The Morgan fingerprint density at radius 3 is 2.35 bits per heavy atom. The van der Waals surface area contributed by atoms with Gasteiger partial charge in [0.05, 0.1) is 5.69 Å². The topological polar surface area (TPSA) is 50.9 Å². The van der Waals surface area contributed by atoms with E-state index in [1.165, 1.54) is 12.3 Å². The number of aromatic nitrogens is 1. The molecule has 0 aliphatic rings. The molecule has 1 heterocycles. The highest BCUT2D eigenvalue weighted by atomic mass is 19.1. The second-order valence-corrected chi connectivity index (χ2v) is 3.31. The summed E-state index contributed by atoms with van der Waals surface area (Å²) in [5.74, 6) is -2.96. The first kappa shape index (κ1) is 11.3. The third-order valence-electron chi connectivity index (χ3n) is 2.11. The number of nitrogens with zero attached hydrogens (tertiary/aromatic N) is 1. The predicted molar refractivity (Wildman–Crippen MR) is 58.2 cm³/mol. The lowest BCUT2D eigenvalue weighted by Gasteiger charge is -2.10. The van der Waals surface area contributed by atoms with E-state index in [1.54, 1.807) is 6.07 Å². The van der Waals surface area contributed by atoms with E-state index in [1.807, 2.05) is 0 Å². The molecule has 3 N–H and O–H groups in total. The van der Waals surface area contributed by atoms with Crippen molar-refractivity contribution in [2.24, 2.45) is 0 Å². The highest BCUT2D eigenvalue weighted by Crippen LogP contribution is 2.26. The quantitative estimate of drug-likeness (QED) is 0.847. The minimum absolute atomic E-state index is 0.0932. The lowest BCUT2D eigenvalue weighted by molar-refractivity contribution is 0.549. The predicted octanol–water partition coefficient (Wildman–Crippen LogP) is 2.82. The van der Waals surface area contributed by atoms with Crippen molar-refractivity contribution in [2.75, 3.05) is 11.1 Å². The van der Waals surface area contributed by atoms with Crippen molar-refractivity contribution in [3.05, 3.63) is 47.9 Å². The van der Waals surface area contributed by atoms with Crippen LogP contribution in [0.2, 0.25) is 0 Å². The summed E-state index contributed by atoms with van der Waals surface area (Å²) in [6.07, 6.45) is 1.44. The maximum Gasteiger partial charge on any atom is 0.152 e. The number of anilines is 3. The monoisotopic (exact) mass is 239 g/mol. The molecule has 0 aliphatic carbocycles. The average molecular weight is 239 g/mol. The van der Waals surface area contributed by atoms with E-state index in [4.69, 9.17) is 5.73 Å². The zero-order chi connectivity index (χ0) is 12.4. The molecule has 1 aromatic carbocycles. The number of nitrogens with one attached hydrogen (secondary N) is 1. The van der Waals surface area contributed by atoms with Gasteiger partial charge in [0.25, 0.3) is 0 Å². The molecule has 0 aliphatic heterocycles. The SMILES string of the molecule is Nc1ncccc1Nc1c(F)cc(F)cc1F. The summed E-state index contributed by atoms with van der Waals surface area (Å²) in [6.45, 7) is 0. The van der Waals surface area contributed by atoms with E-state index in [0.717, 1.165) is 0 Å². The molecule has 0 fully saturated rings. The Balaban J connectivity index is 2.40. The van der Waals surface area contributed by atoms with Crippen LogP contribution < -0.4 is 11.1 Å². The Hall–Kier alpha value is -2.24. The van der Waals surface area contributed by atoms with E-state index < -0.39 is 23.1 Å². The largest absolute Gasteiger partial charge is 0.382 e. The van der Waals surface area contributed by atoms with Crippen LogP contribution in [-0.4, -0.2) is 4.98 Å². The molecule has 3 nitrogen and oxygen atoms in total. The van der Waals surface area contributed by atoms with Gasteiger partial charge in [-0.3, -0.25) is 0 Å². The summed E-state index contributed by atoms with van der Waals surface area (Å²) in [7, 11) is 0. The van der Waals surface area contributed by atoms with Crippen LogP contribution in [0.3, 0.4) is 0 Å². The van der Waals surface area contributed by atoms with Crippen LogP contribution >= 0.6 is 0 Å². The second-order valence-electron chi connectivity index (χ2n) is 3.31. The first-order valence-corrected chi connectivity index (χ1v) is 4.70. The van der Waals surface area contributed by atoms with Crippen molar-refractivity contribution in [1.29, 1.82) is 0 Å². The molecule has 0 radical (unpaired) electrons. The number of nitrogen functional groups attached to an aromatic ring is 1. The molecule has 2 rings (SSSR count). The molecule has 0 bridgehead atoms. The Kier molecular flexibility index (Phi) is 2.86. The van der Waals surface area contributed by atoms with E-state index in [0.29, 0.717) is 12.1 Å². The van der Waals surface area contributed by atoms with Crippen LogP contribution in [0.15, 0.2) is 30.5 Å². The first-order valence-electron chi connectivity index (χ1n) is 4.70. The van der Waals surface area contributed by atoms with Crippen molar-refractivity contribution in [3.63, 3.8) is 0 Å². The summed E-state index contributed by atoms with van der Waals surface area (Å²) >= 11 is 0. The van der Waals surface area contributed by atoms with E-state index in [2.05, 4.69) is 10.3 Å². The van der Waals surface area contributed by atoms with Gasteiger partial charge in [0, 0.05) is 18.3 Å². The number of pyridine rings is 1. The van der Waals surface area contributed by atoms with Gasteiger partial charge in [-0.1, -0.05) is 0 Å². The van der Waals surface area contributed by atoms with Gasteiger partial charge < -0.3 is 11.1 Å². The van der Waals surface area contributed by atoms with Crippen LogP contribution in [0, 0.1) is 17.5 Å². The smallest absolute Gasteiger partial charge is 0.152 e. The molecule has 0 saturated carbocycles. The molecular weight excluding hydrogens is 231 g/mol. The fourth-order valence-corrected chi connectivity index (χ4v) is 1.32. The molecule has 0 unspecified atom stereocenters. The maximum atomic E-state index is 13.3. The highest BCUT2D eigenvalue weighted by molar-refractivity contribution is 5.69. The summed E-state index contributed by atoms with van der Waals surface area (Å²) in [5.41, 5.74) is 5.29. The summed E-state index contributed by atoms with van der Waals surface area (Å²) < 4.78 is 39.3. The van der Waals surface area contributed by atoms with E-state index in [-0.39, 0.29) is 11.5 Å². The summed E-state index contributed by atoms with van der Waals surface area (Å²) in [5, 5.41) is 2.43. The molecule has 0 spiro atoms. The lowest BCUT2D eigenvalue weighted by Crippen LogP contribution is -2.02. The third-order valence-corrected chi connectivity index (χ3v) is 2.11. The van der Waals surface area contributed by atoms with E-state index >= 15 is 0 Å². The van der Waals surface area contributed by atoms with Crippen LogP contribution in [0.1, 0.15) is 0 Å². The Morgan fingerprint density at radius 1 is 1.12 bits per heavy atom. The summed E-state index contributed by atoms with van der Waals surface area (Å²) in [6, 6.07) is 4.22. The zero-order valence-electron chi connectivity index (χ0n) is 8.55. The van der Waals surface area contributed by atoms with Crippen molar-refractivity contribution in [3.8, 4) is 0 Å².